The number of rotatable bonds is 2. The zero-order valence-electron chi connectivity index (χ0n) is 9.15. The number of methoxy groups -OCH3 is 1. The summed E-state index contributed by atoms with van der Waals surface area (Å²) in [6, 6.07) is 0. The van der Waals surface area contributed by atoms with Crippen LogP contribution in [0.5, 0.6) is 0 Å². The van der Waals surface area contributed by atoms with Gasteiger partial charge in [0.25, 0.3) is 0 Å². The van der Waals surface area contributed by atoms with Crippen LogP contribution in [0.4, 0.5) is 0 Å². The van der Waals surface area contributed by atoms with E-state index in [0.29, 0.717) is 0 Å². The lowest BCUT2D eigenvalue weighted by atomic mass is 9.94. The Bertz CT molecular complexity index is 192. The first-order valence-corrected chi connectivity index (χ1v) is 4.90. The van der Waals surface area contributed by atoms with Crippen molar-refractivity contribution in [3.05, 3.63) is 0 Å². The Morgan fingerprint density at radius 2 is 2.07 bits per heavy atom. The summed E-state index contributed by atoms with van der Waals surface area (Å²) in [6.45, 7) is 5.36. The highest BCUT2D eigenvalue weighted by Gasteiger charge is 2.35. The van der Waals surface area contributed by atoms with E-state index >= 15 is 0 Å². The molecular formula is C10H18O4. The Kier molecular flexibility index (Phi) is 3.89. The molecule has 1 saturated heterocycles. The lowest BCUT2D eigenvalue weighted by Gasteiger charge is -2.37. The van der Waals surface area contributed by atoms with E-state index < -0.39 is 0 Å². The molecule has 1 fully saturated rings. The van der Waals surface area contributed by atoms with Gasteiger partial charge in [-0.25, -0.2) is 0 Å². The van der Waals surface area contributed by atoms with Crippen molar-refractivity contribution in [2.75, 3.05) is 7.11 Å². The van der Waals surface area contributed by atoms with Gasteiger partial charge in [-0.05, 0) is 6.92 Å². The highest BCUT2D eigenvalue weighted by atomic mass is 16.7. The second-order valence-electron chi connectivity index (χ2n) is 3.79. The van der Waals surface area contributed by atoms with Gasteiger partial charge >= 0.3 is 5.97 Å². The van der Waals surface area contributed by atoms with Gasteiger partial charge in [0.2, 0.25) is 0 Å². The lowest BCUT2D eigenvalue weighted by molar-refractivity contribution is -0.230. The monoisotopic (exact) mass is 202 g/mol. The average Bonchev–Trinajstić information content (AvgIpc) is 2.10. The Hall–Kier alpha value is -0.610. The van der Waals surface area contributed by atoms with Gasteiger partial charge in [0.15, 0.2) is 6.29 Å². The second-order valence-corrected chi connectivity index (χ2v) is 3.79. The van der Waals surface area contributed by atoms with Gasteiger partial charge < -0.3 is 14.2 Å². The van der Waals surface area contributed by atoms with Crippen molar-refractivity contribution >= 4 is 5.97 Å². The number of carbonyl (C=O) groups excluding carboxylic acids is 1. The van der Waals surface area contributed by atoms with Crippen LogP contribution in [-0.2, 0) is 19.0 Å². The first-order chi connectivity index (χ1) is 6.54. The van der Waals surface area contributed by atoms with Crippen LogP contribution in [0.3, 0.4) is 0 Å². The van der Waals surface area contributed by atoms with E-state index in [-0.39, 0.29) is 30.4 Å². The summed E-state index contributed by atoms with van der Waals surface area (Å²) in [5, 5.41) is 0. The van der Waals surface area contributed by atoms with Crippen LogP contribution in [0, 0.1) is 5.92 Å². The van der Waals surface area contributed by atoms with Gasteiger partial charge in [-0.1, -0.05) is 6.92 Å². The third-order valence-electron chi connectivity index (χ3n) is 2.52. The van der Waals surface area contributed by atoms with E-state index in [1.54, 1.807) is 7.11 Å². The highest BCUT2D eigenvalue weighted by molar-refractivity contribution is 5.66. The first kappa shape index (κ1) is 11.5. The molecule has 0 aliphatic carbocycles. The molecule has 0 amide bonds. The number of hydrogen-bond donors (Lipinski definition) is 0. The molecule has 1 rings (SSSR count). The predicted octanol–water partition coefficient (Wildman–Crippen LogP) is 1.34. The summed E-state index contributed by atoms with van der Waals surface area (Å²) in [5.41, 5.74) is 0. The predicted molar refractivity (Wildman–Crippen MR) is 50.7 cm³/mol. The SMILES string of the molecule is COC1CC(C)C(OC(C)=O)C(C)O1. The zero-order chi connectivity index (χ0) is 10.7. The van der Waals surface area contributed by atoms with Crippen LogP contribution in [-0.4, -0.2) is 31.6 Å². The molecule has 4 atom stereocenters. The van der Waals surface area contributed by atoms with Crippen molar-refractivity contribution in [3.63, 3.8) is 0 Å². The summed E-state index contributed by atoms with van der Waals surface area (Å²) >= 11 is 0. The van der Waals surface area contributed by atoms with Crippen LogP contribution in [0.15, 0.2) is 0 Å². The molecule has 0 radical (unpaired) electrons. The highest BCUT2D eigenvalue weighted by Crippen LogP contribution is 2.27. The van der Waals surface area contributed by atoms with Gasteiger partial charge in [0.1, 0.15) is 6.10 Å². The Morgan fingerprint density at radius 3 is 2.50 bits per heavy atom. The molecule has 1 aliphatic rings. The first-order valence-electron chi connectivity index (χ1n) is 4.90. The topological polar surface area (TPSA) is 44.8 Å². The Labute approximate surface area is 84.5 Å². The summed E-state index contributed by atoms with van der Waals surface area (Å²) in [7, 11) is 1.62. The van der Waals surface area contributed by atoms with E-state index in [1.165, 1.54) is 6.92 Å². The maximum Gasteiger partial charge on any atom is 0.303 e. The molecule has 0 saturated carbocycles. The second kappa shape index (κ2) is 4.75. The largest absolute Gasteiger partial charge is 0.460 e. The van der Waals surface area contributed by atoms with Crippen molar-refractivity contribution in [2.45, 2.75) is 45.7 Å². The van der Waals surface area contributed by atoms with Crippen molar-refractivity contribution < 1.29 is 19.0 Å². The fourth-order valence-electron chi connectivity index (χ4n) is 1.83. The minimum Gasteiger partial charge on any atom is -0.460 e. The summed E-state index contributed by atoms with van der Waals surface area (Å²) < 4.78 is 15.8. The van der Waals surface area contributed by atoms with Crippen LogP contribution >= 0.6 is 0 Å². The molecule has 4 heteroatoms. The van der Waals surface area contributed by atoms with E-state index in [2.05, 4.69) is 0 Å². The van der Waals surface area contributed by atoms with Gasteiger partial charge in [-0.15, -0.1) is 0 Å². The number of hydrogen-bond acceptors (Lipinski definition) is 4. The third-order valence-corrected chi connectivity index (χ3v) is 2.52. The molecule has 4 nitrogen and oxygen atoms in total. The molecule has 0 aromatic carbocycles. The molecule has 14 heavy (non-hydrogen) atoms. The molecule has 0 aromatic heterocycles. The molecular weight excluding hydrogens is 184 g/mol. The molecule has 0 bridgehead atoms. The van der Waals surface area contributed by atoms with Crippen molar-refractivity contribution in [3.8, 4) is 0 Å². The number of esters is 1. The van der Waals surface area contributed by atoms with Crippen molar-refractivity contribution in [2.24, 2.45) is 5.92 Å². The van der Waals surface area contributed by atoms with E-state index in [0.717, 1.165) is 6.42 Å². The minimum absolute atomic E-state index is 0.104. The van der Waals surface area contributed by atoms with Crippen LogP contribution in [0.2, 0.25) is 0 Å². The molecule has 4 unspecified atom stereocenters. The fourth-order valence-corrected chi connectivity index (χ4v) is 1.83. The third kappa shape index (κ3) is 2.69. The van der Waals surface area contributed by atoms with Gasteiger partial charge in [-0.2, -0.15) is 0 Å². The molecule has 82 valence electrons. The average molecular weight is 202 g/mol. The quantitative estimate of drug-likeness (QED) is 0.634. The van der Waals surface area contributed by atoms with Crippen molar-refractivity contribution in [1.82, 2.24) is 0 Å². The van der Waals surface area contributed by atoms with Gasteiger partial charge in [0.05, 0.1) is 6.10 Å². The standard InChI is InChI=1S/C10H18O4/c1-6-5-9(12-4)13-7(2)10(6)14-8(3)11/h6-7,9-10H,5H2,1-4H3. The number of carbonyl (C=O) groups is 1. The summed E-state index contributed by atoms with van der Waals surface area (Å²) in [6.07, 6.45) is 0.331. The van der Waals surface area contributed by atoms with Crippen LogP contribution in [0.25, 0.3) is 0 Å². The van der Waals surface area contributed by atoms with Gasteiger partial charge in [-0.3, -0.25) is 4.79 Å². The molecule has 0 aromatic rings. The molecule has 0 N–H and O–H groups in total. The van der Waals surface area contributed by atoms with E-state index in [9.17, 15) is 4.79 Å². The van der Waals surface area contributed by atoms with E-state index in [4.69, 9.17) is 14.2 Å². The maximum atomic E-state index is 10.8. The maximum absolute atomic E-state index is 10.8. The Balaban J connectivity index is 2.55. The molecule has 1 heterocycles. The summed E-state index contributed by atoms with van der Waals surface area (Å²) in [4.78, 5) is 10.8. The lowest BCUT2D eigenvalue weighted by Crippen LogP contribution is -2.45. The fraction of sp³-hybridized carbons (Fsp3) is 0.900. The number of ether oxygens (including phenoxy) is 3. The van der Waals surface area contributed by atoms with Crippen LogP contribution < -0.4 is 0 Å². The Morgan fingerprint density at radius 1 is 1.43 bits per heavy atom. The normalized spacial score (nSPS) is 38.0. The van der Waals surface area contributed by atoms with Crippen LogP contribution in [0.1, 0.15) is 27.2 Å². The summed E-state index contributed by atoms with van der Waals surface area (Å²) in [5.74, 6) is 0.0146. The molecule has 1 aliphatic heterocycles. The zero-order valence-corrected chi connectivity index (χ0v) is 9.15. The van der Waals surface area contributed by atoms with E-state index in [1.807, 2.05) is 13.8 Å². The smallest absolute Gasteiger partial charge is 0.303 e. The minimum atomic E-state index is -0.256. The van der Waals surface area contributed by atoms with Crippen molar-refractivity contribution in [1.29, 1.82) is 0 Å². The van der Waals surface area contributed by atoms with Gasteiger partial charge in [0, 0.05) is 26.4 Å². The molecule has 0 spiro atoms.